The minimum Gasteiger partial charge on any atom is -0.383 e. The molecule has 6 heteroatoms. The molecule has 6 nitrogen and oxygen atoms in total. The summed E-state index contributed by atoms with van der Waals surface area (Å²) in [5.74, 6) is 1.52. The van der Waals surface area contributed by atoms with Crippen LogP contribution in [0.15, 0.2) is 34.4 Å². The van der Waals surface area contributed by atoms with Crippen LogP contribution in [0.2, 0.25) is 0 Å². The third kappa shape index (κ3) is 5.00. The summed E-state index contributed by atoms with van der Waals surface area (Å²) in [4.78, 5) is 8.80. The lowest BCUT2D eigenvalue weighted by atomic mass is 10.0. The van der Waals surface area contributed by atoms with E-state index >= 15 is 0 Å². The number of hydrogen-bond donors (Lipinski definition) is 1. The topological polar surface area (TPSA) is 74.1 Å². The number of rotatable bonds is 8. The second-order valence-corrected chi connectivity index (χ2v) is 7.71. The Kier molecular flexibility index (Phi) is 7.23. The van der Waals surface area contributed by atoms with E-state index in [0.29, 0.717) is 24.3 Å². The van der Waals surface area contributed by atoms with Crippen LogP contribution in [0.1, 0.15) is 43.7 Å². The molecule has 0 amide bonds. The van der Waals surface area contributed by atoms with Gasteiger partial charge in [-0.3, -0.25) is 4.99 Å². The minimum absolute atomic E-state index is 0.431. The summed E-state index contributed by atoms with van der Waals surface area (Å²) in [7, 11) is 1.73. The maximum absolute atomic E-state index is 6.23. The van der Waals surface area contributed by atoms with Crippen LogP contribution in [-0.4, -0.2) is 50.2 Å². The predicted molar refractivity (Wildman–Crippen MR) is 116 cm³/mol. The molecule has 0 saturated carbocycles. The van der Waals surface area contributed by atoms with E-state index in [1.165, 1.54) is 16.5 Å². The maximum atomic E-state index is 6.23. The number of ether oxygens (including phenoxy) is 2. The Morgan fingerprint density at radius 3 is 2.86 bits per heavy atom. The van der Waals surface area contributed by atoms with E-state index in [0.717, 1.165) is 44.7 Å². The molecule has 1 fully saturated rings. The molecule has 0 aliphatic carbocycles. The highest BCUT2D eigenvalue weighted by Crippen LogP contribution is 2.28. The number of methoxy groups -OCH3 is 1. The van der Waals surface area contributed by atoms with Crippen molar-refractivity contribution in [3.63, 3.8) is 0 Å². The molecular weight excluding hydrogens is 352 g/mol. The summed E-state index contributed by atoms with van der Waals surface area (Å²) < 4.78 is 12.9. The van der Waals surface area contributed by atoms with Crippen LogP contribution in [-0.2, 0) is 16.0 Å². The van der Waals surface area contributed by atoms with Crippen molar-refractivity contribution in [1.82, 2.24) is 4.57 Å². The van der Waals surface area contributed by atoms with Gasteiger partial charge in [0.1, 0.15) is 12.2 Å². The zero-order valence-electron chi connectivity index (χ0n) is 17.2. The molecule has 0 atom stereocenters. The van der Waals surface area contributed by atoms with Crippen LogP contribution >= 0.6 is 0 Å². The minimum atomic E-state index is 0.431. The molecule has 0 spiro atoms. The number of benzene rings is 1. The number of amidine groups is 1. The van der Waals surface area contributed by atoms with E-state index in [1.807, 2.05) is 6.07 Å². The highest BCUT2D eigenvalue weighted by molar-refractivity contribution is 6.04. The number of nitrogens with zero attached hydrogens (tertiary/aromatic N) is 3. The number of hydrogen-bond acceptors (Lipinski definition) is 3. The molecule has 1 aliphatic heterocycles. The van der Waals surface area contributed by atoms with E-state index in [1.54, 1.807) is 13.4 Å². The summed E-state index contributed by atoms with van der Waals surface area (Å²) in [5.41, 5.74) is 9.67. The number of nitrogens with two attached hydrogens (primary N) is 1. The molecule has 2 aromatic rings. The van der Waals surface area contributed by atoms with E-state index < -0.39 is 0 Å². The quantitative estimate of drug-likeness (QED) is 0.558. The first-order valence-electron chi connectivity index (χ1n) is 10.1. The molecule has 1 aromatic carbocycles. The van der Waals surface area contributed by atoms with Gasteiger partial charge in [0, 0.05) is 56.1 Å². The summed E-state index contributed by atoms with van der Waals surface area (Å²) in [5, 5.41) is 1.22. The number of aliphatic imine (C=N–C) groups is 2. The van der Waals surface area contributed by atoms with Crippen LogP contribution < -0.4 is 5.73 Å². The van der Waals surface area contributed by atoms with Crippen molar-refractivity contribution in [1.29, 1.82) is 0 Å². The lowest BCUT2D eigenvalue weighted by molar-refractivity contribution is 0.0690. The van der Waals surface area contributed by atoms with Crippen LogP contribution in [0.3, 0.4) is 0 Å². The van der Waals surface area contributed by atoms with Gasteiger partial charge < -0.3 is 19.8 Å². The summed E-state index contributed by atoms with van der Waals surface area (Å²) in [6.45, 7) is 8.42. The van der Waals surface area contributed by atoms with Crippen molar-refractivity contribution in [3.8, 4) is 0 Å². The Morgan fingerprint density at radius 2 is 2.14 bits per heavy atom. The number of fused-ring (bicyclic) bond motifs is 1. The molecule has 1 saturated heterocycles. The second kappa shape index (κ2) is 9.85. The normalized spacial score (nSPS) is 16.6. The molecule has 0 unspecified atom stereocenters. The van der Waals surface area contributed by atoms with Gasteiger partial charge in [-0.15, -0.1) is 0 Å². The second-order valence-electron chi connectivity index (χ2n) is 7.71. The van der Waals surface area contributed by atoms with Gasteiger partial charge in [-0.2, -0.15) is 0 Å². The van der Waals surface area contributed by atoms with E-state index in [4.69, 9.17) is 15.2 Å². The molecule has 0 radical (unpaired) electrons. The van der Waals surface area contributed by atoms with Crippen molar-refractivity contribution in [2.24, 2.45) is 21.6 Å². The molecule has 1 aromatic heterocycles. The van der Waals surface area contributed by atoms with Crippen molar-refractivity contribution >= 4 is 23.1 Å². The van der Waals surface area contributed by atoms with Gasteiger partial charge in [0.25, 0.3) is 0 Å². The van der Waals surface area contributed by atoms with Crippen LogP contribution in [0.4, 0.5) is 0 Å². The lowest BCUT2D eigenvalue weighted by Crippen LogP contribution is -2.18. The molecule has 2 N–H and O–H groups in total. The smallest absolute Gasteiger partial charge is 0.132 e. The van der Waals surface area contributed by atoms with Crippen molar-refractivity contribution in [2.75, 3.05) is 33.5 Å². The van der Waals surface area contributed by atoms with Gasteiger partial charge in [0.2, 0.25) is 0 Å². The third-order valence-corrected chi connectivity index (χ3v) is 5.35. The standard InChI is InChI=1S/C22H32N4O2/c1-16(2)20-14-26(8-11-27-3)21-5-4-18(12-19(20)21)22(23)25-15-24-13-17-6-9-28-10-7-17/h4-5,12,14-17H,6-11,13H2,1-3H3,(H2,23,24,25). The van der Waals surface area contributed by atoms with Gasteiger partial charge >= 0.3 is 0 Å². The molecule has 152 valence electrons. The SMILES string of the molecule is COCCn1cc(C(C)C)c2cc(C(N)=NC=NCC3CCOCC3)ccc21. The maximum Gasteiger partial charge on any atom is 0.132 e. The average Bonchev–Trinajstić information content (AvgIpc) is 3.08. The Bertz CT molecular complexity index is 832. The molecule has 28 heavy (non-hydrogen) atoms. The van der Waals surface area contributed by atoms with Crippen LogP contribution in [0, 0.1) is 5.92 Å². The summed E-state index contributed by atoms with van der Waals surface area (Å²) in [6.07, 6.45) is 5.97. The highest BCUT2D eigenvalue weighted by Gasteiger charge is 2.14. The average molecular weight is 385 g/mol. The van der Waals surface area contributed by atoms with Gasteiger partial charge in [-0.25, -0.2) is 4.99 Å². The zero-order chi connectivity index (χ0) is 19.9. The Hall–Kier alpha value is -2.18. The molecule has 3 rings (SSSR count). The Morgan fingerprint density at radius 1 is 1.36 bits per heavy atom. The fraction of sp³-hybridized carbons (Fsp3) is 0.545. The fourth-order valence-corrected chi connectivity index (χ4v) is 3.62. The van der Waals surface area contributed by atoms with Gasteiger partial charge in [0.15, 0.2) is 0 Å². The Balaban J connectivity index is 1.77. The molecule has 0 bridgehead atoms. The van der Waals surface area contributed by atoms with Crippen LogP contribution in [0.25, 0.3) is 10.9 Å². The van der Waals surface area contributed by atoms with Crippen molar-refractivity contribution in [3.05, 3.63) is 35.5 Å². The van der Waals surface area contributed by atoms with Gasteiger partial charge in [0.05, 0.1) is 6.61 Å². The third-order valence-electron chi connectivity index (χ3n) is 5.35. The number of aromatic nitrogens is 1. The monoisotopic (exact) mass is 384 g/mol. The highest BCUT2D eigenvalue weighted by atomic mass is 16.5. The van der Waals surface area contributed by atoms with Gasteiger partial charge in [-0.1, -0.05) is 13.8 Å². The van der Waals surface area contributed by atoms with Crippen molar-refractivity contribution < 1.29 is 9.47 Å². The lowest BCUT2D eigenvalue weighted by Gasteiger charge is -2.19. The Labute approximate surface area is 167 Å². The van der Waals surface area contributed by atoms with E-state index in [-0.39, 0.29) is 0 Å². The molecular formula is C22H32N4O2. The zero-order valence-corrected chi connectivity index (χ0v) is 17.2. The predicted octanol–water partition coefficient (Wildman–Crippen LogP) is 3.57. The van der Waals surface area contributed by atoms with Crippen LogP contribution in [0.5, 0.6) is 0 Å². The first kappa shape index (κ1) is 20.6. The first-order valence-corrected chi connectivity index (χ1v) is 10.1. The molecule has 1 aliphatic rings. The fourth-order valence-electron chi connectivity index (χ4n) is 3.62. The summed E-state index contributed by atoms with van der Waals surface area (Å²) in [6, 6.07) is 6.29. The van der Waals surface area contributed by atoms with Crippen molar-refractivity contribution in [2.45, 2.75) is 39.2 Å². The first-order chi connectivity index (χ1) is 13.6. The summed E-state index contributed by atoms with van der Waals surface area (Å²) >= 11 is 0. The van der Waals surface area contributed by atoms with Gasteiger partial charge in [-0.05, 0) is 48.4 Å². The largest absolute Gasteiger partial charge is 0.383 e. The molecule has 2 heterocycles. The van der Waals surface area contributed by atoms with E-state index in [9.17, 15) is 0 Å². The van der Waals surface area contributed by atoms with E-state index in [2.05, 4.69) is 46.7 Å².